The van der Waals surface area contributed by atoms with Crippen molar-refractivity contribution in [3.8, 4) is 11.3 Å². The standard InChI is InChI=1S/C12H11NO2/c1-9(13-14)11-7-8-12(15-11)10-5-3-2-4-6-10/h2-8,14H,1H3/b13-9+. The first kappa shape index (κ1) is 9.52. The van der Waals surface area contributed by atoms with E-state index in [2.05, 4.69) is 5.16 Å². The summed E-state index contributed by atoms with van der Waals surface area (Å²) in [6, 6.07) is 13.4. The highest BCUT2D eigenvalue weighted by atomic mass is 16.4. The van der Waals surface area contributed by atoms with E-state index in [4.69, 9.17) is 9.62 Å². The maximum absolute atomic E-state index is 8.60. The van der Waals surface area contributed by atoms with E-state index in [1.165, 1.54) is 0 Å². The van der Waals surface area contributed by atoms with E-state index in [-0.39, 0.29) is 0 Å². The van der Waals surface area contributed by atoms with Gasteiger partial charge in [-0.05, 0) is 19.1 Å². The lowest BCUT2D eigenvalue weighted by Crippen LogP contribution is -1.89. The predicted octanol–water partition coefficient (Wildman–Crippen LogP) is 3.14. The first-order valence-corrected chi connectivity index (χ1v) is 4.65. The Morgan fingerprint density at radius 1 is 1.13 bits per heavy atom. The van der Waals surface area contributed by atoms with Gasteiger partial charge in [-0.15, -0.1) is 0 Å². The van der Waals surface area contributed by atoms with Crippen LogP contribution in [0.25, 0.3) is 11.3 Å². The highest BCUT2D eigenvalue weighted by molar-refractivity contribution is 5.96. The summed E-state index contributed by atoms with van der Waals surface area (Å²) in [4.78, 5) is 0. The van der Waals surface area contributed by atoms with Crippen molar-refractivity contribution in [2.75, 3.05) is 0 Å². The van der Waals surface area contributed by atoms with E-state index in [1.54, 1.807) is 13.0 Å². The number of oxime groups is 1. The minimum absolute atomic E-state index is 0.470. The van der Waals surface area contributed by atoms with Gasteiger partial charge >= 0.3 is 0 Å². The van der Waals surface area contributed by atoms with Gasteiger partial charge in [0.05, 0.1) is 0 Å². The molecular weight excluding hydrogens is 190 g/mol. The van der Waals surface area contributed by atoms with E-state index >= 15 is 0 Å². The van der Waals surface area contributed by atoms with Gasteiger partial charge in [-0.1, -0.05) is 35.5 Å². The lowest BCUT2D eigenvalue weighted by Gasteiger charge is -1.95. The van der Waals surface area contributed by atoms with Crippen molar-refractivity contribution in [2.45, 2.75) is 6.92 Å². The van der Waals surface area contributed by atoms with Crippen LogP contribution in [0.4, 0.5) is 0 Å². The van der Waals surface area contributed by atoms with Crippen LogP contribution in [0.1, 0.15) is 12.7 Å². The largest absolute Gasteiger partial charge is 0.455 e. The molecule has 0 saturated carbocycles. The molecule has 0 radical (unpaired) electrons. The van der Waals surface area contributed by atoms with Crippen molar-refractivity contribution in [1.82, 2.24) is 0 Å². The summed E-state index contributed by atoms with van der Waals surface area (Å²) in [6.07, 6.45) is 0. The zero-order valence-corrected chi connectivity index (χ0v) is 8.34. The third-order valence-corrected chi connectivity index (χ3v) is 2.17. The van der Waals surface area contributed by atoms with Gasteiger partial charge in [0.15, 0.2) is 5.76 Å². The molecule has 0 fully saturated rings. The molecule has 0 aliphatic rings. The normalized spacial score (nSPS) is 11.7. The second-order valence-electron chi connectivity index (χ2n) is 3.22. The molecule has 2 rings (SSSR count). The van der Waals surface area contributed by atoms with Crippen LogP contribution in [-0.4, -0.2) is 10.9 Å². The van der Waals surface area contributed by atoms with E-state index < -0.39 is 0 Å². The third kappa shape index (κ3) is 1.91. The lowest BCUT2D eigenvalue weighted by molar-refractivity contribution is 0.317. The molecule has 1 heterocycles. The van der Waals surface area contributed by atoms with Crippen LogP contribution in [-0.2, 0) is 0 Å². The summed E-state index contributed by atoms with van der Waals surface area (Å²) in [5.74, 6) is 1.35. The van der Waals surface area contributed by atoms with Crippen molar-refractivity contribution in [3.05, 3.63) is 48.2 Å². The van der Waals surface area contributed by atoms with E-state index in [0.29, 0.717) is 11.5 Å². The summed E-state index contributed by atoms with van der Waals surface area (Å²) in [5.41, 5.74) is 1.48. The molecule has 0 amide bonds. The van der Waals surface area contributed by atoms with E-state index in [1.807, 2.05) is 36.4 Å². The fourth-order valence-electron chi connectivity index (χ4n) is 1.34. The number of nitrogens with zero attached hydrogens (tertiary/aromatic N) is 1. The molecule has 0 atom stereocenters. The molecule has 3 heteroatoms. The van der Waals surface area contributed by atoms with Crippen molar-refractivity contribution in [3.63, 3.8) is 0 Å². The number of furan rings is 1. The molecule has 0 aliphatic carbocycles. The second kappa shape index (κ2) is 4.00. The summed E-state index contributed by atoms with van der Waals surface area (Å²) in [5, 5.41) is 11.7. The van der Waals surface area contributed by atoms with Gasteiger partial charge in [-0.3, -0.25) is 0 Å². The maximum atomic E-state index is 8.60. The monoisotopic (exact) mass is 201 g/mol. The second-order valence-corrected chi connectivity index (χ2v) is 3.22. The molecule has 76 valence electrons. The van der Waals surface area contributed by atoms with Crippen LogP contribution in [0, 0.1) is 0 Å². The Hall–Kier alpha value is -2.03. The van der Waals surface area contributed by atoms with Gasteiger partial charge in [0.1, 0.15) is 11.5 Å². The van der Waals surface area contributed by atoms with Gasteiger partial charge in [-0.25, -0.2) is 0 Å². The van der Waals surface area contributed by atoms with Crippen LogP contribution in [0.15, 0.2) is 52.0 Å². The van der Waals surface area contributed by atoms with Gasteiger partial charge in [0.25, 0.3) is 0 Å². The van der Waals surface area contributed by atoms with Crippen molar-refractivity contribution < 1.29 is 9.62 Å². The number of benzene rings is 1. The predicted molar refractivity (Wildman–Crippen MR) is 58.1 cm³/mol. The number of hydrogen-bond donors (Lipinski definition) is 1. The van der Waals surface area contributed by atoms with Gasteiger partial charge < -0.3 is 9.62 Å². The smallest absolute Gasteiger partial charge is 0.152 e. The lowest BCUT2D eigenvalue weighted by atomic mass is 10.2. The molecule has 1 aromatic heterocycles. The van der Waals surface area contributed by atoms with E-state index in [0.717, 1.165) is 11.3 Å². The third-order valence-electron chi connectivity index (χ3n) is 2.17. The van der Waals surface area contributed by atoms with Gasteiger partial charge in [0, 0.05) is 5.56 Å². The van der Waals surface area contributed by atoms with Gasteiger partial charge in [-0.2, -0.15) is 0 Å². The fraction of sp³-hybridized carbons (Fsp3) is 0.0833. The minimum Gasteiger partial charge on any atom is -0.455 e. The van der Waals surface area contributed by atoms with Crippen molar-refractivity contribution in [1.29, 1.82) is 0 Å². The van der Waals surface area contributed by atoms with Crippen molar-refractivity contribution in [2.24, 2.45) is 5.16 Å². The van der Waals surface area contributed by atoms with Crippen molar-refractivity contribution >= 4 is 5.71 Å². The highest BCUT2D eigenvalue weighted by Gasteiger charge is 2.06. The van der Waals surface area contributed by atoms with Crippen LogP contribution < -0.4 is 0 Å². The fourth-order valence-corrected chi connectivity index (χ4v) is 1.34. The molecule has 0 unspecified atom stereocenters. The summed E-state index contributed by atoms with van der Waals surface area (Å²) >= 11 is 0. The number of hydrogen-bond acceptors (Lipinski definition) is 3. The van der Waals surface area contributed by atoms with Crippen LogP contribution in [0.3, 0.4) is 0 Å². The topological polar surface area (TPSA) is 45.7 Å². The Labute approximate surface area is 87.7 Å². The number of rotatable bonds is 2. The average molecular weight is 201 g/mol. The quantitative estimate of drug-likeness (QED) is 0.461. The van der Waals surface area contributed by atoms with Gasteiger partial charge in [0.2, 0.25) is 0 Å². The average Bonchev–Trinajstić information content (AvgIpc) is 2.78. The van der Waals surface area contributed by atoms with E-state index in [9.17, 15) is 0 Å². The summed E-state index contributed by atoms with van der Waals surface area (Å²) < 4.78 is 5.53. The molecule has 3 nitrogen and oxygen atoms in total. The molecule has 15 heavy (non-hydrogen) atoms. The Morgan fingerprint density at radius 2 is 1.87 bits per heavy atom. The molecule has 1 N–H and O–H groups in total. The molecule has 2 aromatic rings. The SMILES string of the molecule is C/C(=N\O)c1ccc(-c2ccccc2)o1. The Balaban J connectivity index is 2.36. The zero-order chi connectivity index (χ0) is 10.7. The zero-order valence-electron chi connectivity index (χ0n) is 8.34. The molecule has 0 aliphatic heterocycles. The van der Waals surface area contributed by atoms with Crippen LogP contribution in [0.2, 0.25) is 0 Å². The summed E-state index contributed by atoms with van der Waals surface area (Å²) in [7, 11) is 0. The minimum atomic E-state index is 0.470. The molecule has 0 spiro atoms. The van der Waals surface area contributed by atoms with Crippen LogP contribution in [0.5, 0.6) is 0 Å². The maximum Gasteiger partial charge on any atom is 0.152 e. The molecule has 0 bridgehead atoms. The molecular formula is C12H11NO2. The Morgan fingerprint density at radius 3 is 2.53 bits per heavy atom. The summed E-state index contributed by atoms with van der Waals surface area (Å²) in [6.45, 7) is 1.69. The first-order chi connectivity index (χ1) is 7.31. The Kier molecular flexibility index (Phi) is 2.54. The Bertz CT molecular complexity index is 471. The molecule has 0 saturated heterocycles. The highest BCUT2D eigenvalue weighted by Crippen LogP contribution is 2.21. The van der Waals surface area contributed by atoms with Crippen LogP contribution >= 0.6 is 0 Å². The molecule has 1 aromatic carbocycles. The first-order valence-electron chi connectivity index (χ1n) is 4.65.